The highest BCUT2D eigenvalue weighted by molar-refractivity contribution is 5.92. The van der Waals surface area contributed by atoms with E-state index in [-0.39, 0.29) is 37.2 Å². The Morgan fingerprint density at radius 1 is 1.42 bits per heavy atom. The van der Waals surface area contributed by atoms with Crippen LogP contribution in [0.1, 0.15) is 12.0 Å². The van der Waals surface area contributed by atoms with E-state index in [1.165, 1.54) is 30.2 Å². The minimum atomic E-state index is -0.971. The number of rotatable bonds is 5. The van der Waals surface area contributed by atoms with Crippen LogP contribution in [-0.4, -0.2) is 53.8 Å². The van der Waals surface area contributed by atoms with Gasteiger partial charge in [-0.15, -0.1) is 0 Å². The zero-order chi connectivity index (χ0) is 17.7. The molecule has 0 radical (unpaired) electrons. The van der Waals surface area contributed by atoms with Gasteiger partial charge in [-0.25, -0.2) is 0 Å². The van der Waals surface area contributed by atoms with Crippen molar-refractivity contribution >= 4 is 23.5 Å². The van der Waals surface area contributed by atoms with Crippen LogP contribution < -0.4 is 5.32 Å². The minimum Gasteiger partial charge on any atom is -0.469 e. The molecule has 1 unspecified atom stereocenters. The molecule has 0 aliphatic carbocycles. The van der Waals surface area contributed by atoms with Crippen molar-refractivity contribution in [2.45, 2.75) is 18.9 Å². The number of hydrogen-bond donors (Lipinski definition) is 1. The summed E-state index contributed by atoms with van der Waals surface area (Å²) in [5.74, 6) is -1.50. The molecule has 0 aromatic heterocycles. The molecule has 2 rings (SSSR count). The third kappa shape index (κ3) is 3.86. The van der Waals surface area contributed by atoms with Gasteiger partial charge in [0.15, 0.2) is 0 Å². The Hall–Kier alpha value is -2.97. The molecule has 9 heteroatoms. The lowest BCUT2D eigenvalue weighted by molar-refractivity contribution is -0.385. The monoisotopic (exact) mass is 335 g/mol. The van der Waals surface area contributed by atoms with Crippen molar-refractivity contribution < 1.29 is 24.0 Å². The molecule has 1 aromatic rings. The number of carbonyl (C=O) groups excluding carboxylic acids is 3. The summed E-state index contributed by atoms with van der Waals surface area (Å²) in [6.07, 6.45) is -0.479. The topological polar surface area (TPSA) is 119 Å². The fourth-order valence-corrected chi connectivity index (χ4v) is 2.56. The lowest BCUT2D eigenvalue weighted by atomic mass is 10.0. The standard InChI is InChI=1S/C15H17N3O6/c1-24-14(20)9-12-15(21)16-6-7-17(12)13(19)8-10-4-2-3-5-11(10)18(22)23/h2-5,12H,6-9H2,1H3,(H,16,21). The SMILES string of the molecule is COC(=O)CC1C(=O)NCCN1C(=O)Cc1ccccc1[N+](=O)[O-]. The van der Waals surface area contributed by atoms with Gasteiger partial charge in [-0.2, -0.15) is 0 Å². The summed E-state index contributed by atoms with van der Waals surface area (Å²) in [6, 6.07) is 4.96. The van der Waals surface area contributed by atoms with Gasteiger partial charge < -0.3 is 15.0 Å². The van der Waals surface area contributed by atoms with E-state index >= 15 is 0 Å². The van der Waals surface area contributed by atoms with Crippen molar-refractivity contribution in [1.82, 2.24) is 10.2 Å². The summed E-state index contributed by atoms with van der Waals surface area (Å²) >= 11 is 0. The largest absolute Gasteiger partial charge is 0.469 e. The summed E-state index contributed by atoms with van der Waals surface area (Å²) in [5, 5.41) is 13.6. The average molecular weight is 335 g/mol. The van der Waals surface area contributed by atoms with Crippen LogP contribution in [0.3, 0.4) is 0 Å². The van der Waals surface area contributed by atoms with Crippen LogP contribution in [0.25, 0.3) is 0 Å². The normalized spacial score (nSPS) is 17.1. The number of benzene rings is 1. The second-order valence-corrected chi connectivity index (χ2v) is 5.24. The van der Waals surface area contributed by atoms with Gasteiger partial charge in [0, 0.05) is 24.7 Å². The number of piperazine rings is 1. The molecule has 1 heterocycles. The van der Waals surface area contributed by atoms with Crippen LogP contribution in [0.15, 0.2) is 24.3 Å². The second kappa shape index (κ2) is 7.53. The van der Waals surface area contributed by atoms with Crippen molar-refractivity contribution in [2.75, 3.05) is 20.2 Å². The van der Waals surface area contributed by atoms with Gasteiger partial charge in [0.25, 0.3) is 5.69 Å². The maximum absolute atomic E-state index is 12.5. The van der Waals surface area contributed by atoms with E-state index < -0.39 is 28.7 Å². The number of nitrogens with zero attached hydrogens (tertiary/aromatic N) is 2. The van der Waals surface area contributed by atoms with Gasteiger partial charge in [0.2, 0.25) is 11.8 Å². The molecular weight excluding hydrogens is 318 g/mol. The Kier molecular flexibility index (Phi) is 5.46. The van der Waals surface area contributed by atoms with E-state index in [0.29, 0.717) is 0 Å². The van der Waals surface area contributed by atoms with E-state index in [4.69, 9.17) is 0 Å². The van der Waals surface area contributed by atoms with Gasteiger partial charge in [-0.05, 0) is 0 Å². The number of nitro benzene ring substituents is 1. The Morgan fingerprint density at radius 3 is 2.79 bits per heavy atom. The molecule has 1 aliphatic rings. The summed E-state index contributed by atoms with van der Waals surface area (Å²) in [6.45, 7) is 0.492. The van der Waals surface area contributed by atoms with Gasteiger partial charge in [-0.1, -0.05) is 18.2 Å². The number of para-hydroxylation sites is 1. The minimum absolute atomic E-state index is 0.156. The first-order chi connectivity index (χ1) is 11.4. The molecule has 1 aliphatic heterocycles. The summed E-state index contributed by atoms with van der Waals surface area (Å²) in [7, 11) is 1.20. The first-order valence-electron chi connectivity index (χ1n) is 7.30. The lowest BCUT2D eigenvalue weighted by Crippen LogP contribution is -2.58. The maximum atomic E-state index is 12.5. The Morgan fingerprint density at radius 2 is 2.12 bits per heavy atom. The van der Waals surface area contributed by atoms with E-state index in [1.54, 1.807) is 6.07 Å². The van der Waals surface area contributed by atoms with Crippen LogP contribution in [-0.2, 0) is 25.5 Å². The second-order valence-electron chi connectivity index (χ2n) is 5.24. The van der Waals surface area contributed by atoms with Crippen LogP contribution in [0.2, 0.25) is 0 Å². The highest BCUT2D eigenvalue weighted by Gasteiger charge is 2.35. The van der Waals surface area contributed by atoms with Crippen molar-refractivity contribution in [3.63, 3.8) is 0 Å². The molecule has 1 saturated heterocycles. The Labute approximate surface area is 137 Å². The molecule has 128 valence electrons. The smallest absolute Gasteiger partial charge is 0.308 e. The Bertz CT molecular complexity index is 675. The van der Waals surface area contributed by atoms with E-state index in [2.05, 4.69) is 10.1 Å². The highest BCUT2D eigenvalue weighted by Crippen LogP contribution is 2.20. The molecule has 0 spiro atoms. The number of ether oxygens (including phenoxy) is 1. The van der Waals surface area contributed by atoms with Crippen molar-refractivity contribution in [1.29, 1.82) is 0 Å². The van der Waals surface area contributed by atoms with E-state index in [1.807, 2.05) is 0 Å². The predicted molar refractivity (Wildman–Crippen MR) is 81.9 cm³/mol. The number of nitro groups is 1. The fraction of sp³-hybridized carbons (Fsp3) is 0.400. The van der Waals surface area contributed by atoms with E-state index in [0.717, 1.165) is 0 Å². The summed E-state index contributed by atoms with van der Waals surface area (Å²) < 4.78 is 4.55. The number of hydrogen-bond acceptors (Lipinski definition) is 6. The van der Waals surface area contributed by atoms with Gasteiger partial charge in [0.05, 0.1) is 24.9 Å². The van der Waals surface area contributed by atoms with Gasteiger partial charge >= 0.3 is 5.97 Å². The molecule has 24 heavy (non-hydrogen) atoms. The van der Waals surface area contributed by atoms with Crippen LogP contribution >= 0.6 is 0 Å². The third-order valence-corrected chi connectivity index (χ3v) is 3.77. The first kappa shape index (κ1) is 17.4. The van der Waals surface area contributed by atoms with Crippen molar-refractivity contribution in [3.8, 4) is 0 Å². The average Bonchev–Trinajstić information content (AvgIpc) is 2.56. The predicted octanol–water partition coefficient (Wildman–Crippen LogP) is 0.0274. The first-order valence-corrected chi connectivity index (χ1v) is 7.30. The zero-order valence-electron chi connectivity index (χ0n) is 13.1. The molecule has 1 aromatic carbocycles. The Balaban J connectivity index is 2.19. The van der Waals surface area contributed by atoms with Gasteiger partial charge in [0.1, 0.15) is 6.04 Å². The summed E-state index contributed by atoms with van der Waals surface area (Å²) in [5.41, 5.74) is 0.104. The quantitative estimate of drug-likeness (QED) is 0.460. The van der Waals surface area contributed by atoms with E-state index in [9.17, 15) is 24.5 Å². The van der Waals surface area contributed by atoms with Crippen LogP contribution in [0, 0.1) is 10.1 Å². The molecule has 9 nitrogen and oxygen atoms in total. The molecule has 1 N–H and O–H groups in total. The highest BCUT2D eigenvalue weighted by atomic mass is 16.6. The number of methoxy groups -OCH3 is 1. The van der Waals surface area contributed by atoms with Crippen molar-refractivity contribution in [2.24, 2.45) is 0 Å². The fourth-order valence-electron chi connectivity index (χ4n) is 2.56. The number of amides is 2. The molecule has 0 bridgehead atoms. The third-order valence-electron chi connectivity index (χ3n) is 3.77. The summed E-state index contributed by atoms with van der Waals surface area (Å²) in [4.78, 5) is 47.7. The molecule has 1 atom stereocenters. The molecule has 2 amide bonds. The van der Waals surface area contributed by atoms with Gasteiger partial charge in [-0.3, -0.25) is 24.5 Å². The van der Waals surface area contributed by atoms with Crippen molar-refractivity contribution in [3.05, 3.63) is 39.9 Å². The van der Waals surface area contributed by atoms with Crippen LogP contribution in [0.5, 0.6) is 0 Å². The maximum Gasteiger partial charge on any atom is 0.308 e. The molecule has 1 fully saturated rings. The number of esters is 1. The number of nitrogens with one attached hydrogen (secondary N) is 1. The molecule has 0 saturated carbocycles. The molecular formula is C15H17N3O6. The number of carbonyl (C=O) groups is 3. The van der Waals surface area contributed by atoms with Crippen LogP contribution in [0.4, 0.5) is 5.69 Å². The zero-order valence-corrected chi connectivity index (χ0v) is 13.1. The lowest BCUT2D eigenvalue weighted by Gasteiger charge is -2.34.